The molecule has 0 aliphatic carbocycles. The van der Waals surface area contributed by atoms with Gasteiger partial charge in [-0.3, -0.25) is 4.68 Å². The van der Waals surface area contributed by atoms with E-state index in [0.29, 0.717) is 18.7 Å². The lowest BCUT2D eigenvalue weighted by Crippen LogP contribution is -2.16. The quantitative estimate of drug-likeness (QED) is 0.825. The van der Waals surface area contributed by atoms with Gasteiger partial charge in [0.1, 0.15) is 0 Å². The maximum atomic E-state index is 11.1. The Balaban J connectivity index is 0.00000220. The summed E-state index contributed by atoms with van der Waals surface area (Å²) in [5.41, 5.74) is 2.09. The van der Waals surface area contributed by atoms with E-state index < -0.39 is 5.97 Å². The van der Waals surface area contributed by atoms with Crippen molar-refractivity contribution in [3.63, 3.8) is 0 Å². The van der Waals surface area contributed by atoms with Crippen LogP contribution in [0.15, 0.2) is 36.5 Å². The highest BCUT2D eigenvalue weighted by Gasteiger charge is 2.08. The van der Waals surface area contributed by atoms with Gasteiger partial charge in [-0.2, -0.15) is 5.10 Å². The molecule has 0 bridgehead atoms. The predicted octanol–water partition coefficient (Wildman–Crippen LogP) is 2.70. The summed E-state index contributed by atoms with van der Waals surface area (Å²) in [6, 6.07) is 9.01. The molecular formula is C15H20ClN3O2. The second kappa shape index (κ2) is 8.44. The Kier molecular flexibility index (Phi) is 6.91. The number of aromatic nitrogens is 2. The van der Waals surface area contributed by atoms with Crippen molar-refractivity contribution in [2.75, 3.05) is 0 Å². The molecule has 0 aliphatic heterocycles. The first-order valence-corrected chi connectivity index (χ1v) is 6.75. The van der Waals surface area contributed by atoms with Gasteiger partial charge < -0.3 is 10.4 Å². The molecule has 6 heteroatoms. The Hall–Kier alpha value is -1.85. The van der Waals surface area contributed by atoms with Gasteiger partial charge in [0, 0.05) is 25.8 Å². The highest BCUT2D eigenvalue weighted by molar-refractivity contribution is 5.89. The Morgan fingerprint density at radius 3 is 2.76 bits per heavy atom. The molecule has 1 aromatic heterocycles. The average Bonchev–Trinajstić information content (AvgIpc) is 2.87. The van der Waals surface area contributed by atoms with Crippen molar-refractivity contribution in [1.82, 2.24) is 15.1 Å². The Bertz CT molecular complexity index is 584. The van der Waals surface area contributed by atoms with E-state index in [4.69, 9.17) is 5.11 Å². The molecule has 1 aromatic carbocycles. The van der Waals surface area contributed by atoms with Crippen LogP contribution in [0.3, 0.4) is 0 Å². The van der Waals surface area contributed by atoms with E-state index in [2.05, 4.69) is 17.3 Å². The van der Waals surface area contributed by atoms with Crippen LogP contribution >= 0.6 is 12.4 Å². The molecule has 2 N–H and O–H groups in total. The van der Waals surface area contributed by atoms with Crippen LogP contribution in [0.4, 0.5) is 0 Å². The monoisotopic (exact) mass is 309 g/mol. The number of aryl methyl sites for hydroxylation is 1. The fourth-order valence-corrected chi connectivity index (χ4v) is 2.06. The van der Waals surface area contributed by atoms with E-state index in [9.17, 15) is 4.79 Å². The lowest BCUT2D eigenvalue weighted by molar-refractivity contribution is 0.0695. The van der Waals surface area contributed by atoms with Gasteiger partial charge in [0.05, 0.1) is 11.3 Å². The third kappa shape index (κ3) is 4.88. The molecule has 21 heavy (non-hydrogen) atoms. The fourth-order valence-electron chi connectivity index (χ4n) is 2.06. The minimum Gasteiger partial charge on any atom is -0.478 e. The summed E-state index contributed by atoms with van der Waals surface area (Å²) in [7, 11) is 0. The van der Waals surface area contributed by atoms with Crippen LogP contribution in [0.25, 0.3) is 0 Å². The molecular weight excluding hydrogens is 290 g/mol. The van der Waals surface area contributed by atoms with Crippen LogP contribution in [0.1, 0.15) is 35.0 Å². The van der Waals surface area contributed by atoms with E-state index in [1.54, 1.807) is 12.1 Å². The number of nitrogens with one attached hydrogen (secondary N) is 1. The summed E-state index contributed by atoms with van der Waals surface area (Å²) in [6.45, 7) is 4.18. The van der Waals surface area contributed by atoms with Crippen molar-refractivity contribution in [1.29, 1.82) is 0 Å². The molecule has 2 aromatic rings. The van der Waals surface area contributed by atoms with Crippen molar-refractivity contribution in [3.8, 4) is 0 Å². The zero-order chi connectivity index (χ0) is 14.4. The minimum atomic E-state index is -0.894. The van der Waals surface area contributed by atoms with Crippen molar-refractivity contribution >= 4 is 18.4 Å². The second-order valence-corrected chi connectivity index (χ2v) is 4.64. The van der Waals surface area contributed by atoms with Crippen LogP contribution in [0.2, 0.25) is 0 Å². The van der Waals surface area contributed by atoms with Gasteiger partial charge in [-0.1, -0.05) is 25.1 Å². The molecule has 0 fully saturated rings. The van der Waals surface area contributed by atoms with Crippen molar-refractivity contribution < 1.29 is 9.90 Å². The molecule has 2 rings (SSSR count). The molecule has 0 spiro atoms. The fraction of sp³-hybridized carbons (Fsp3) is 0.333. The van der Waals surface area contributed by atoms with Crippen molar-refractivity contribution in [2.45, 2.75) is 33.0 Å². The largest absolute Gasteiger partial charge is 0.478 e. The first-order valence-electron chi connectivity index (χ1n) is 6.75. The summed E-state index contributed by atoms with van der Waals surface area (Å²) in [5.74, 6) is -0.894. The van der Waals surface area contributed by atoms with Gasteiger partial charge in [0.2, 0.25) is 0 Å². The van der Waals surface area contributed by atoms with E-state index in [1.165, 1.54) is 0 Å². The highest BCUT2D eigenvalue weighted by atomic mass is 35.5. The normalized spacial score (nSPS) is 10.1. The van der Waals surface area contributed by atoms with E-state index in [1.807, 2.05) is 29.1 Å². The summed E-state index contributed by atoms with van der Waals surface area (Å²) in [6.07, 6.45) is 3.02. The lowest BCUT2D eigenvalue weighted by Gasteiger charge is -2.06. The van der Waals surface area contributed by atoms with Crippen LogP contribution in [-0.2, 0) is 19.6 Å². The molecule has 0 saturated carbocycles. The van der Waals surface area contributed by atoms with E-state index in [-0.39, 0.29) is 12.4 Å². The number of hydrogen-bond acceptors (Lipinski definition) is 3. The maximum absolute atomic E-state index is 11.1. The molecule has 0 amide bonds. The molecule has 5 nitrogen and oxygen atoms in total. The first kappa shape index (κ1) is 17.2. The second-order valence-electron chi connectivity index (χ2n) is 4.64. The van der Waals surface area contributed by atoms with Crippen LogP contribution in [-0.4, -0.2) is 20.9 Å². The minimum absolute atomic E-state index is 0. The molecule has 0 unspecified atom stereocenters. The zero-order valence-electron chi connectivity index (χ0n) is 12.0. The third-order valence-electron chi connectivity index (χ3n) is 3.02. The Morgan fingerprint density at radius 1 is 1.29 bits per heavy atom. The predicted molar refractivity (Wildman–Crippen MR) is 83.7 cm³/mol. The third-order valence-corrected chi connectivity index (χ3v) is 3.02. The number of aromatic carboxylic acids is 1. The SMILES string of the molecule is CCCn1ccc(CNCc2ccccc2C(=O)O)n1.Cl. The number of rotatable bonds is 7. The van der Waals surface area contributed by atoms with Gasteiger partial charge in [-0.05, 0) is 24.1 Å². The van der Waals surface area contributed by atoms with E-state index >= 15 is 0 Å². The molecule has 1 heterocycles. The van der Waals surface area contributed by atoms with Gasteiger partial charge in [-0.15, -0.1) is 12.4 Å². The number of benzene rings is 1. The van der Waals surface area contributed by atoms with Crippen LogP contribution in [0.5, 0.6) is 0 Å². The van der Waals surface area contributed by atoms with Crippen LogP contribution in [0, 0.1) is 0 Å². The highest BCUT2D eigenvalue weighted by Crippen LogP contribution is 2.08. The number of nitrogens with zero attached hydrogens (tertiary/aromatic N) is 2. The number of carboxylic acid groups (broad SMARTS) is 1. The number of carboxylic acids is 1. The Labute approximate surface area is 130 Å². The maximum Gasteiger partial charge on any atom is 0.336 e. The zero-order valence-corrected chi connectivity index (χ0v) is 12.8. The van der Waals surface area contributed by atoms with Crippen LogP contribution < -0.4 is 5.32 Å². The average molecular weight is 310 g/mol. The van der Waals surface area contributed by atoms with Crippen molar-refractivity contribution in [2.24, 2.45) is 0 Å². The van der Waals surface area contributed by atoms with Gasteiger partial charge >= 0.3 is 5.97 Å². The summed E-state index contributed by atoms with van der Waals surface area (Å²) in [5, 5.41) is 16.8. The molecule has 0 saturated heterocycles. The standard InChI is InChI=1S/C15H19N3O2.ClH/c1-2-8-18-9-7-13(17-18)11-16-10-12-5-3-4-6-14(12)15(19)20;/h3-7,9,16H,2,8,10-11H2,1H3,(H,19,20);1H. The topological polar surface area (TPSA) is 67.2 Å². The number of carbonyl (C=O) groups is 1. The van der Waals surface area contributed by atoms with Crippen molar-refractivity contribution in [3.05, 3.63) is 53.3 Å². The summed E-state index contributed by atoms with van der Waals surface area (Å²) in [4.78, 5) is 11.1. The molecule has 0 atom stereocenters. The summed E-state index contributed by atoms with van der Waals surface area (Å²) < 4.78 is 1.92. The number of hydrogen-bond donors (Lipinski definition) is 2. The molecule has 114 valence electrons. The first-order chi connectivity index (χ1) is 9.70. The molecule has 0 radical (unpaired) electrons. The molecule has 0 aliphatic rings. The van der Waals surface area contributed by atoms with E-state index in [0.717, 1.165) is 24.2 Å². The van der Waals surface area contributed by atoms with Gasteiger partial charge in [-0.25, -0.2) is 4.79 Å². The number of halogens is 1. The Morgan fingerprint density at radius 2 is 2.05 bits per heavy atom. The van der Waals surface area contributed by atoms with Gasteiger partial charge in [0.15, 0.2) is 0 Å². The van der Waals surface area contributed by atoms with Gasteiger partial charge in [0.25, 0.3) is 0 Å². The smallest absolute Gasteiger partial charge is 0.336 e. The lowest BCUT2D eigenvalue weighted by atomic mass is 10.1. The summed E-state index contributed by atoms with van der Waals surface area (Å²) >= 11 is 0.